The van der Waals surface area contributed by atoms with Crippen LogP contribution in [0.25, 0.3) is 10.9 Å². The van der Waals surface area contributed by atoms with E-state index in [0.717, 1.165) is 11.5 Å². The smallest absolute Gasteiger partial charge is 0.257 e. The van der Waals surface area contributed by atoms with Crippen LogP contribution < -0.4 is 0 Å². The Morgan fingerprint density at radius 2 is 1.81 bits per heavy atom. The molecule has 0 atom stereocenters. The van der Waals surface area contributed by atoms with Gasteiger partial charge < -0.3 is 4.90 Å². The largest absolute Gasteiger partial charge is 0.338 e. The van der Waals surface area contributed by atoms with Gasteiger partial charge in [0.05, 0.1) is 11.1 Å². The molecule has 1 aromatic carbocycles. The molecule has 4 nitrogen and oxygen atoms in total. The van der Waals surface area contributed by atoms with Crippen LogP contribution in [-0.4, -0.2) is 33.9 Å². The summed E-state index contributed by atoms with van der Waals surface area (Å²) in [5.74, 6) is -1.18. The van der Waals surface area contributed by atoms with Gasteiger partial charge in [0.1, 0.15) is 11.6 Å². The number of halogens is 2. The number of pyridine rings is 2. The van der Waals surface area contributed by atoms with Gasteiger partial charge in [-0.25, -0.2) is 8.78 Å². The maximum absolute atomic E-state index is 13.4. The molecule has 1 aliphatic rings. The lowest BCUT2D eigenvalue weighted by Crippen LogP contribution is -2.38. The van der Waals surface area contributed by atoms with Gasteiger partial charge in [0, 0.05) is 43.1 Å². The summed E-state index contributed by atoms with van der Waals surface area (Å²) in [5, 5.41) is 0.823. The molecule has 0 N–H and O–H groups in total. The van der Waals surface area contributed by atoms with Crippen molar-refractivity contribution in [2.75, 3.05) is 13.1 Å². The molecule has 4 rings (SSSR count). The Morgan fingerprint density at radius 1 is 1.08 bits per heavy atom. The number of carbonyl (C=O) groups excluding carboxylic acids is 1. The second-order valence-electron chi connectivity index (χ2n) is 6.53. The third-order valence-corrected chi connectivity index (χ3v) is 4.88. The fourth-order valence-corrected chi connectivity index (χ4v) is 3.55. The predicted molar refractivity (Wildman–Crippen MR) is 93.8 cm³/mol. The Bertz CT molecular complexity index is 943. The van der Waals surface area contributed by atoms with Crippen molar-refractivity contribution in [3.05, 3.63) is 71.7 Å². The average Bonchev–Trinajstić information content (AvgIpc) is 2.66. The fraction of sp³-hybridized carbons (Fsp3) is 0.250. The molecule has 2 aromatic heterocycles. The van der Waals surface area contributed by atoms with Crippen molar-refractivity contribution >= 4 is 16.8 Å². The molecule has 1 fully saturated rings. The summed E-state index contributed by atoms with van der Waals surface area (Å²) in [4.78, 5) is 23.1. The molecule has 1 aliphatic heterocycles. The van der Waals surface area contributed by atoms with E-state index in [1.54, 1.807) is 23.5 Å². The molecule has 0 radical (unpaired) electrons. The molecule has 3 aromatic rings. The van der Waals surface area contributed by atoms with Gasteiger partial charge in [-0.05, 0) is 48.6 Å². The maximum Gasteiger partial charge on any atom is 0.257 e. The van der Waals surface area contributed by atoms with Gasteiger partial charge in [-0.2, -0.15) is 0 Å². The maximum atomic E-state index is 13.4. The van der Waals surface area contributed by atoms with Gasteiger partial charge >= 0.3 is 0 Å². The van der Waals surface area contributed by atoms with Crippen LogP contribution in [0.5, 0.6) is 0 Å². The summed E-state index contributed by atoms with van der Waals surface area (Å²) in [6.07, 6.45) is 6.22. The van der Waals surface area contributed by atoms with E-state index in [-0.39, 0.29) is 11.8 Å². The Hall–Kier alpha value is -2.89. The summed E-state index contributed by atoms with van der Waals surface area (Å²) in [7, 11) is 0. The van der Waals surface area contributed by atoms with Crippen molar-refractivity contribution in [1.82, 2.24) is 14.9 Å². The van der Waals surface area contributed by atoms with Gasteiger partial charge in [0.15, 0.2) is 0 Å². The molecular formula is C20H17F2N3O. The number of aromatic nitrogens is 2. The lowest BCUT2D eigenvalue weighted by molar-refractivity contribution is 0.0714. The number of rotatable bonds is 2. The second-order valence-corrected chi connectivity index (χ2v) is 6.53. The van der Waals surface area contributed by atoms with Crippen LogP contribution in [0.15, 0.2) is 48.9 Å². The molecular weight excluding hydrogens is 336 g/mol. The molecule has 0 unspecified atom stereocenters. The predicted octanol–water partition coefficient (Wildman–Crippen LogP) is 3.93. The monoisotopic (exact) mass is 353 g/mol. The van der Waals surface area contributed by atoms with Crippen LogP contribution in [0.3, 0.4) is 0 Å². The molecule has 0 aliphatic carbocycles. The van der Waals surface area contributed by atoms with Gasteiger partial charge in [0.25, 0.3) is 5.91 Å². The van der Waals surface area contributed by atoms with Gasteiger partial charge in [-0.15, -0.1) is 0 Å². The normalized spacial score (nSPS) is 15.4. The lowest BCUT2D eigenvalue weighted by Gasteiger charge is -2.32. The Kier molecular flexibility index (Phi) is 4.32. The van der Waals surface area contributed by atoms with E-state index in [1.165, 1.54) is 12.1 Å². The molecule has 6 heteroatoms. The number of benzene rings is 1. The summed E-state index contributed by atoms with van der Waals surface area (Å²) in [6.45, 7) is 1.07. The Labute approximate surface area is 149 Å². The third-order valence-electron chi connectivity index (χ3n) is 4.88. The third kappa shape index (κ3) is 3.14. The zero-order valence-electron chi connectivity index (χ0n) is 14.0. The standard InChI is InChI=1S/C20H17F2N3O/c21-16-8-15(9-17(22)10-16)13-3-6-25(7-4-13)20(26)18-12-23-11-14-2-1-5-24-19(14)18/h1-2,5,8-13H,3-4,6-7H2. The molecule has 1 saturated heterocycles. The second kappa shape index (κ2) is 6.78. The summed E-state index contributed by atoms with van der Waals surface area (Å²) >= 11 is 0. The molecule has 3 heterocycles. The fourth-order valence-electron chi connectivity index (χ4n) is 3.55. The van der Waals surface area contributed by atoms with E-state index in [9.17, 15) is 13.6 Å². The molecule has 26 heavy (non-hydrogen) atoms. The highest BCUT2D eigenvalue weighted by Gasteiger charge is 2.26. The van der Waals surface area contributed by atoms with Gasteiger partial charge in [0.2, 0.25) is 0 Å². The first-order chi connectivity index (χ1) is 12.6. The molecule has 0 bridgehead atoms. The summed E-state index contributed by atoms with van der Waals surface area (Å²) < 4.78 is 26.9. The first-order valence-corrected chi connectivity index (χ1v) is 8.56. The number of fused-ring (bicyclic) bond motifs is 1. The van der Waals surface area contributed by atoms with Crippen LogP contribution in [-0.2, 0) is 0 Å². The highest BCUT2D eigenvalue weighted by atomic mass is 19.1. The SMILES string of the molecule is O=C(c1cncc2cccnc12)N1CCC(c2cc(F)cc(F)c2)CC1. The van der Waals surface area contributed by atoms with Crippen molar-refractivity contribution in [2.24, 2.45) is 0 Å². The van der Waals surface area contributed by atoms with Crippen LogP contribution in [0.1, 0.15) is 34.7 Å². The van der Waals surface area contributed by atoms with Gasteiger partial charge in [-0.3, -0.25) is 14.8 Å². The lowest BCUT2D eigenvalue weighted by atomic mass is 9.89. The van der Waals surface area contributed by atoms with Crippen LogP contribution >= 0.6 is 0 Å². The van der Waals surface area contributed by atoms with E-state index in [1.807, 2.05) is 12.1 Å². The van der Waals surface area contributed by atoms with E-state index in [4.69, 9.17) is 0 Å². The van der Waals surface area contributed by atoms with Gasteiger partial charge in [-0.1, -0.05) is 0 Å². The minimum absolute atomic E-state index is 0.0491. The Balaban J connectivity index is 1.51. The van der Waals surface area contributed by atoms with E-state index in [2.05, 4.69) is 9.97 Å². The van der Waals surface area contributed by atoms with Crippen molar-refractivity contribution < 1.29 is 13.6 Å². The number of hydrogen-bond donors (Lipinski definition) is 0. The average molecular weight is 353 g/mol. The molecule has 132 valence electrons. The van der Waals surface area contributed by atoms with Crippen LogP contribution in [0, 0.1) is 11.6 Å². The number of piperidine rings is 1. The molecule has 1 amide bonds. The zero-order chi connectivity index (χ0) is 18.1. The highest BCUT2D eigenvalue weighted by molar-refractivity contribution is 6.04. The van der Waals surface area contributed by atoms with Crippen molar-refractivity contribution in [3.8, 4) is 0 Å². The zero-order valence-corrected chi connectivity index (χ0v) is 14.0. The minimum Gasteiger partial charge on any atom is -0.338 e. The van der Waals surface area contributed by atoms with E-state index in [0.29, 0.717) is 42.6 Å². The topological polar surface area (TPSA) is 46.1 Å². The van der Waals surface area contributed by atoms with E-state index < -0.39 is 11.6 Å². The molecule has 0 spiro atoms. The number of carbonyl (C=O) groups is 1. The minimum atomic E-state index is -0.564. The quantitative estimate of drug-likeness (QED) is 0.701. The number of hydrogen-bond acceptors (Lipinski definition) is 3. The van der Waals surface area contributed by atoms with Crippen LogP contribution in [0.4, 0.5) is 8.78 Å². The first-order valence-electron chi connectivity index (χ1n) is 8.56. The van der Waals surface area contributed by atoms with Crippen molar-refractivity contribution in [2.45, 2.75) is 18.8 Å². The highest BCUT2D eigenvalue weighted by Crippen LogP contribution is 2.30. The number of likely N-dealkylation sites (tertiary alicyclic amines) is 1. The first kappa shape index (κ1) is 16.6. The summed E-state index contributed by atoms with van der Waals surface area (Å²) in [5.41, 5.74) is 1.78. The van der Waals surface area contributed by atoms with Crippen molar-refractivity contribution in [3.63, 3.8) is 0 Å². The number of nitrogens with zero attached hydrogens (tertiary/aromatic N) is 3. The van der Waals surface area contributed by atoms with Crippen molar-refractivity contribution in [1.29, 1.82) is 0 Å². The summed E-state index contributed by atoms with van der Waals surface area (Å²) in [6, 6.07) is 7.31. The van der Waals surface area contributed by atoms with Crippen LogP contribution in [0.2, 0.25) is 0 Å². The van der Waals surface area contributed by atoms with E-state index >= 15 is 0 Å². The number of amides is 1. The Morgan fingerprint density at radius 3 is 2.54 bits per heavy atom. The molecule has 0 saturated carbocycles.